The topological polar surface area (TPSA) is 58.5 Å². The van der Waals surface area contributed by atoms with Crippen LogP contribution in [0.25, 0.3) is 5.57 Å². The quantitative estimate of drug-likeness (QED) is 0.733. The predicted molar refractivity (Wildman–Crippen MR) is 126 cm³/mol. The van der Waals surface area contributed by atoms with Gasteiger partial charge >= 0.3 is 0 Å². The Morgan fingerprint density at radius 3 is 2.88 bits per heavy atom. The van der Waals surface area contributed by atoms with Crippen molar-refractivity contribution in [2.45, 2.75) is 58.6 Å². The van der Waals surface area contributed by atoms with Gasteiger partial charge in [0.2, 0.25) is 5.88 Å². The molecule has 168 valence electrons. The summed E-state index contributed by atoms with van der Waals surface area (Å²) in [5, 5.41) is 9.94. The van der Waals surface area contributed by atoms with E-state index in [9.17, 15) is 5.11 Å². The molecule has 1 aromatic heterocycles. The second-order valence-electron chi connectivity index (χ2n) is 9.50. The van der Waals surface area contributed by atoms with E-state index in [0.717, 1.165) is 17.6 Å². The van der Waals surface area contributed by atoms with Crippen LogP contribution in [0.15, 0.2) is 36.7 Å². The lowest BCUT2D eigenvalue weighted by molar-refractivity contribution is 0.0979. The van der Waals surface area contributed by atoms with Gasteiger partial charge in [-0.2, -0.15) is 4.98 Å². The van der Waals surface area contributed by atoms with Gasteiger partial charge in [0, 0.05) is 30.9 Å². The first-order chi connectivity index (χ1) is 15.5. The van der Waals surface area contributed by atoms with Crippen LogP contribution < -0.4 is 4.74 Å². The van der Waals surface area contributed by atoms with Crippen molar-refractivity contribution in [3.8, 4) is 5.88 Å². The van der Waals surface area contributed by atoms with Crippen molar-refractivity contribution in [2.75, 3.05) is 13.7 Å². The molecule has 1 aliphatic heterocycles. The molecule has 1 N–H and O–H groups in total. The smallest absolute Gasteiger partial charge is 0.224 e. The molecule has 0 radical (unpaired) electrons. The molecule has 1 saturated carbocycles. The first-order valence-corrected chi connectivity index (χ1v) is 11.9. The highest BCUT2D eigenvalue weighted by Crippen LogP contribution is 2.55. The van der Waals surface area contributed by atoms with Crippen LogP contribution in [0.4, 0.5) is 0 Å². The lowest BCUT2D eigenvalue weighted by Crippen LogP contribution is -2.26. The molecule has 2 aromatic rings. The van der Waals surface area contributed by atoms with E-state index in [1.165, 1.54) is 19.3 Å². The molecule has 4 atom stereocenters. The van der Waals surface area contributed by atoms with E-state index in [-0.39, 0.29) is 0 Å². The molecule has 5 rings (SSSR count). The lowest BCUT2D eigenvalue weighted by Gasteiger charge is -2.24. The Labute approximate surface area is 190 Å². The normalized spacial score (nSPS) is 26.2. The number of aliphatic hydroxyl groups is 1. The molecular formula is C27H33N3O2. The SMILES string of the molecule is CCc1c(C2C(C)C2COc2nc(C)ncc2C2=CN(C)C(O)C=C2)ccc2c1CCC2. The third-order valence-corrected chi connectivity index (χ3v) is 7.52. The molecular weight excluding hydrogens is 398 g/mol. The molecule has 1 aromatic carbocycles. The molecule has 1 fully saturated rings. The number of likely N-dealkylation sites (N-methyl/N-ethyl adjacent to an activating group) is 1. The van der Waals surface area contributed by atoms with E-state index >= 15 is 0 Å². The summed E-state index contributed by atoms with van der Waals surface area (Å²) in [6.07, 6.45) is 11.7. The number of nitrogens with zero attached hydrogens (tertiary/aromatic N) is 3. The summed E-state index contributed by atoms with van der Waals surface area (Å²) in [4.78, 5) is 10.8. The van der Waals surface area contributed by atoms with Crippen LogP contribution in [0.1, 0.15) is 59.8 Å². The third-order valence-electron chi connectivity index (χ3n) is 7.52. The van der Waals surface area contributed by atoms with E-state index in [2.05, 4.69) is 35.9 Å². The van der Waals surface area contributed by atoms with Gasteiger partial charge in [-0.1, -0.05) is 32.1 Å². The minimum Gasteiger partial charge on any atom is -0.477 e. The Hall–Kier alpha value is -2.66. The summed E-state index contributed by atoms with van der Waals surface area (Å²) >= 11 is 0. The van der Waals surface area contributed by atoms with Crippen molar-refractivity contribution in [2.24, 2.45) is 11.8 Å². The standard InChI is InChI=1S/C27H33N3O2/c1-5-20-21-8-6-7-18(21)9-11-22(20)26-16(2)24(26)15-32-27-23(13-28-17(3)29-27)19-10-12-25(31)30(4)14-19/h9-14,16,24-26,31H,5-8,15H2,1-4H3. The van der Waals surface area contributed by atoms with Gasteiger partial charge in [-0.05, 0) is 72.8 Å². The highest BCUT2D eigenvalue weighted by Gasteiger charge is 2.49. The van der Waals surface area contributed by atoms with Gasteiger partial charge < -0.3 is 14.7 Å². The number of rotatable bonds is 6. The second kappa shape index (κ2) is 8.36. The van der Waals surface area contributed by atoms with E-state index in [4.69, 9.17) is 4.74 Å². The molecule has 2 aliphatic carbocycles. The maximum absolute atomic E-state index is 9.94. The molecule has 5 heteroatoms. The molecule has 0 amide bonds. The van der Waals surface area contributed by atoms with Gasteiger partial charge in [-0.15, -0.1) is 0 Å². The first kappa shape index (κ1) is 21.2. The number of fused-ring (bicyclic) bond motifs is 1. The van der Waals surface area contributed by atoms with Crippen LogP contribution in [0.5, 0.6) is 5.88 Å². The molecule has 0 saturated heterocycles. The number of aryl methyl sites for hydroxylation is 2. The van der Waals surface area contributed by atoms with Crippen LogP contribution in [0, 0.1) is 18.8 Å². The van der Waals surface area contributed by atoms with Crippen molar-refractivity contribution in [3.05, 3.63) is 70.3 Å². The number of hydrogen-bond donors (Lipinski definition) is 1. The average molecular weight is 432 g/mol. The first-order valence-electron chi connectivity index (χ1n) is 11.9. The van der Waals surface area contributed by atoms with Crippen molar-refractivity contribution < 1.29 is 9.84 Å². The Balaban J connectivity index is 1.35. The minimum atomic E-state index is -0.609. The zero-order valence-electron chi connectivity index (χ0n) is 19.5. The Kier molecular flexibility index (Phi) is 5.54. The van der Waals surface area contributed by atoms with Crippen molar-refractivity contribution in [1.82, 2.24) is 14.9 Å². The Morgan fingerprint density at radius 2 is 2.09 bits per heavy atom. The molecule has 32 heavy (non-hydrogen) atoms. The lowest BCUT2D eigenvalue weighted by atomic mass is 9.92. The summed E-state index contributed by atoms with van der Waals surface area (Å²) in [6, 6.07) is 4.77. The van der Waals surface area contributed by atoms with Gasteiger partial charge in [-0.3, -0.25) is 0 Å². The fraction of sp³-hybridized carbons (Fsp3) is 0.481. The number of ether oxygens (including phenoxy) is 1. The highest BCUT2D eigenvalue weighted by molar-refractivity contribution is 5.77. The van der Waals surface area contributed by atoms with Gasteiger partial charge in [-0.25, -0.2) is 4.98 Å². The van der Waals surface area contributed by atoms with Crippen LogP contribution in [-0.4, -0.2) is 39.9 Å². The monoisotopic (exact) mass is 431 g/mol. The van der Waals surface area contributed by atoms with Crippen molar-refractivity contribution in [1.29, 1.82) is 0 Å². The van der Waals surface area contributed by atoms with Crippen LogP contribution in [0.2, 0.25) is 0 Å². The maximum atomic E-state index is 9.94. The Morgan fingerprint density at radius 1 is 1.25 bits per heavy atom. The fourth-order valence-corrected chi connectivity index (χ4v) is 5.56. The Bertz CT molecular complexity index is 1090. The number of aliphatic hydroxyl groups excluding tert-OH is 1. The number of allylic oxidation sites excluding steroid dienone is 2. The largest absolute Gasteiger partial charge is 0.477 e. The fourth-order valence-electron chi connectivity index (χ4n) is 5.56. The summed E-state index contributed by atoms with van der Waals surface area (Å²) in [5.41, 5.74) is 8.14. The summed E-state index contributed by atoms with van der Waals surface area (Å²) in [7, 11) is 1.85. The minimum absolute atomic E-state index is 0.503. The number of benzene rings is 1. The molecule has 5 nitrogen and oxygen atoms in total. The maximum Gasteiger partial charge on any atom is 0.224 e. The second-order valence-corrected chi connectivity index (χ2v) is 9.50. The summed E-state index contributed by atoms with van der Waals surface area (Å²) < 4.78 is 6.34. The van der Waals surface area contributed by atoms with E-state index in [1.54, 1.807) is 33.2 Å². The zero-order chi connectivity index (χ0) is 22.4. The van der Waals surface area contributed by atoms with Gasteiger partial charge in [0.25, 0.3) is 0 Å². The van der Waals surface area contributed by atoms with Gasteiger partial charge in [0.15, 0.2) is 0 Å². The van der Waals surface area contributed by atoms with E-state index in [0.29, 0.717) is 36.1 Å². The third kappa shape index (κ3) is 3.73. The molecule has 0 bridgehead atoms. The van der Waals surface area contributed by atoms with Gasteiger partial charge in [0.05, 0.1) is 12.2 Å². The van der Waals surface area contributed by atoms with Crippen LogP contribution in [-0.2, 0) is 19.3 Å². The highest BCUT2D eigenvalue weighted by atomic mass is 16.5. The van der Waals surface area contributed by atoms with Crippen LogP contribution in [0.3, 0.4) is 0 Å². The molecule has 3 aliphatic rings. The number of hydrogen-bond acceptors (Lipinski definition) is 5. The predicted octanol–water partition coefficient (Wildman–Crippen LogP) is 4.43. The summed E-state index contributed by atoms with van der Waals surface area (Å²) in [6.45, 7) is 7.19. The van der Waals surface area contributed by atoms with Gasteiger partial charge in [0.1, 0.15) is 12.1 Å². The number of aromatic nitrogens is 2. The zero-order valence-corrected chi connectivity index (χ0v) is 19.5. The molecule has 4 unspecified atom stereocenters. The van der Waals surface area contributed by atoms with E-state index in [1.807, 2.05) is 32.4 Å². The average Bonchev–Trinajstić information content (AvgIpc) is 3.17. The van der Waals surface area contributed by atoms with Crippen molar-refractivity contribution in [3.63, 3.8) is 0 Å². The summed E-state index contributed by atoms with van der Waals surface area (Å²) in [5.74, 6) is 3.01. The van der Waals surface area contributed by atoms with E-state index < -0.39 is 6.23 Å². The molecule has 0 spiro atoms. The van der Waals surface area contributed by atoms with Crippen LogP contribution >= 0.6 is 0 Å². The molecule has 2 heterocycles. The van der Waals surface area contributed by atoms with Crippen molar-refractivity contribution >= 4 is 5.57 Å².